The molecule has 2 aromatic carbocycles. The molecule has 1 aliphatic rings. The van der Waals surface area contributed by atoms with E-state index in [0.717, 1.165) is 16.7 Å². The molecule has 0 bridgehead atoms. The van der Waals surface area contributed by atoms with Gasteiger partial charge in [-0.2, -0.15) is 0 Å². The number of rotatable bonds is 1. The van der Waals surface area contributed by atoms with E-state index in [4.69, 9.17) is 4.74 Å². The molecule has 2 aromatic rings. The highest BCUT2D eigenvalue weighted by Crippen LogP contribution is 2.42. The molecule has 0 saturated carbocycles. The van der Waals surface area contributed by atoms with E-state index in [1.807, 2.05) is 32.0 Å². The minimum absolute atomic E-state index is 0.236. The maximum atomic E-state index is 13.3. The van der Waals surface area contributed by atoms with E-state index in [2.05, 4.69) is 0 Å². The lowest BCUT2D eigenvalue weighted by Crippen LogP contribution is -2.20. The molecule has 0 spiro atoms. The molecule has 3 heteroatoms. The topological polar surface area (TPSA) is 29.5 Å². The molecule has 104 valence electrons. The summed E-state index contributed by atoms with van der Waals surface area (Å²) in [6.07, 6.45) is -0.367. The van der Waals surface area contributed by atoms with Crippen LogP contribution < -0.4 is 4.74 Å². The highest BCUT2D eigenvalue weighted by Gasteiger charge is 2.29. The first-order valence-corrected chi connectivity index (χ1v) is 6.76. The molecule has 0 fully saturated rings. The van der Waals surface area contributed by atoms with Gasteiger partial charge in [0.2, 0.25) is 0 Å². The van der Waals surface area contributed by atoms with Crippen LogP contribution in [0.1, 0.15) is 40.9 Å². The minimum Gasteiger partial charge on any atom is -0.485 e. The van der Waals surface area contributed by atoms with Crippen molar-refractivity contribution in [3.8, 4) is 5.75 Å². The van der Waals surface area contributed by atoms with Crippen LogP contribution in [0.3, 0.4) is 0 Å². The number of benzene rings is 2. The summed E-state index contributed by atoms with van der Waals surface area (Å²) in [6, 6.07) is 10.3. The Hall–Kier alpha value is -1.87. The van der Waals surface area contributed by atoms with E-state index >= 15 is 0 Å². The van der Waals surface area contributed by atoms with E-state index in [1.54, 1.807) is 6.07 Å². The average molecular weight is 272 g/mol. The summed E-state index contributed by atoms with van der Waals surface area (Å²) in [4.78, 5) is 0. The lowest BCUT2D eigenvalue weighted by Gasteiger charge is -2.31. The molecule has 0 aromatic heterocycles. The van der Waals surface area contributed by atoms with E-state index in [1.165, 1.54) is 12.1 Å². The zero-order chi connectivity index (χ0) is 14.3. The SMILES string of the molecule is Cc1cccc(C)c1C1C[C@H](O)c2ccc(F)cc2O1. The molecular formula is C17H17FO2. The van der Waals surface area contributed by atoms with Crippen LogP contribution in [0.25, 0.3) is 0 Å². The van der Waals surface area contributed by atoms with Crippen molar-refractivity contribution < 1.29 is 14.2 Å². The van der Waals surface area contributed by atoms with Crippen molar-refractivity contribution in [1.82, 2.24) is 0 Å². The Bertz CT molecular complexity index is 631. The Morgan fingerprint density at radius 2 is 1.85 bits per heavy atom. The van der Waals surface area contributed by atoms with E-state index in [9.17, 15) is 9.50 Å². The predicted molar refractivity (Wildman–Crippen MR) is 75.3 cm³/mol. The molecule has 0 amide bonds. The monoisotopic (exact) mass is 272 g/mol. The third-order valence-corrected chi connectivity index (χ3v) is 3.91. The van der Waals surface area contributed by atoms with E-state index < -0.39 is 6.10 Å². The number of ether oxygens (including phenoxy) is 1. The highest BCUT2D eigenvalue weighted by molar-refractivity contribution is 5.42. The van der Waals surface area contributed by atoms with Gasteiger partial charge in [0.25, 0.3) is 0 Å². The van der Waals surface area contributed by atoms with Crippen LogP contribution in [0.5, 0.6) is 5.75 Å². The molecule has 2 atom stereocenters. The summed E-state index contributed by atoms with van der Waals surface area (Å²) in [7, 11) is 0. The summed E-state index contributed by atoms with van der Waals surface area (Å²) in [5.41, 5.74) is 4.00. The van der Waals surface area contributed by atoms with Gasteiger partial charge in [-0.15, -0.1) is 0 Å². The van der Waals surface area contributed by atoms with Gasteiger partial charge >= 0.3 is 0 Å². The first-order chi connectivity index (χ1) is 9.56. The maximum absolute atomic E-state index is 13.3. The zero-order valence-electron chi connectivity index (χ0n) is 11.6. The Labute approximate surface area is 117 Å². The van der Waals surface area contributed by atoms with Gasteiger partial charge in [-0.3, -0.25) is 0 Å². The minimum atomic E-state index is -0.622. The van der Waals surface area contributed by atoms with Gasteiger partial charge in [0.1, 0.15) is 17.7 Å². The Kier molecular flexibility index (Phi) is 3.22. The molecular weight excluding hydrogens is 255 g/mol. The molecule has 20 heavy (non-hydrogen) atoms. The van der Waals surface area contributed by atoms with E-state index in [-0.39, 0.29) is 11.9 Å². The highest BCUT2D eigenvalue weighted by atomic mass is 19.1. The van der Waals surface area contributed by atoms with Crippen LogP contribution in [-0.4, -0.2) is 5.11 Å². The van der Waals surface area contributed by atoms with Crippen molar-refractivity contribution in [2.24, 2.45) is 0 Å². The largest absolute Gasteiger partial charge is 0.485 e. The third-order valence-electron chi connectivity index (χ3n) is 3.91. The van der Waals surface area contributed by atoms with Gasteiger partial charge in [0, 0.05) is 18.1 Å². The molecule has 2 nitrogen and oxygen atoms in total. The second-order valence-corrected chi connectivity index (χ2v) is 5.35. The lowest BCUT2D eigenvalue weighted by molar-refractivity contribution is 0.0648. The summed E-state index contributed by atoms with van der Waals surface area (Å²) in [5, 5.41) is 10.3. The van der Waals surface area contributed by atoms with Gasteiger partial charge in [-0.1, -0.05) is 18.2 Å². The molecule has 1 N–H and O–H groups in total. The van der Waals surface area contributed by atoms with E-state index in [0.29, 0.717) is 17.7 Å². The first-order valence-electron chi connectivity index (χ1n) is 6.76. The summed E-state index contributed by atoms with van der Waals surface area (Å²) >= 11 is 0. The quantitative estimate of drug-likeness (QED) is 0.850. The van der Waals surface area contributed by atoms with Crippen molar-refractivity contribution in [2.75, 3.05) is 0 Å². The van der Waals surface area contributed by atoms with Gasteiger partial charge in [-0.05, 0) is 42.7 Å². The van der Waals surface area contributed by atoms with Crippen molar-refractivity contribution in [1.29, 1.82) is 0 Å². The summed E-state index contributed by atoms with van der Waals surface area (Å²) in [6.45, 7) is 4.05. The van der Waals surface area contributed by atoms with Gasteiger partial charge in [-0.25, -0.2) is 4.39 Å². The van der Waals surface area contributed by atoms with Crippen molar-refractivity contribution in [3.05, 3.63) is 64.5 Å². The number of fused-ring (bicyclic) bond motifs is 1. The molecule has 1 unspecified atom stereocenters. The van der Waals surface area contributed by atoms with Crippen molar-refractivity contribution in [3.63, 3.8) is 0 Å². The summed E-state index contributed by atoms with van der Waals surface area (Å²) < 4.78 is 19.3. The number of hydrogen-bond donors (Lipinski definition) is 1. The number of hydrogen-bond acceptors (Lipinski definition) is 2. The van der Waals surface area contributed by atoms with Crippen LogP contribution in [0.15, 0.2) is 36.4 Å². The molecule has 1 aliphatic heterocycles. The van der Waals surface area contributed by atoms with Crippen molar-refractivity contribution in [2.45, 2.75) is 32.5 Å². The Morgan fingerprint density at radius 1 is 1.15 bits per heavy atom. The number of aryl methyl sites for hydroxylation is 2. The van der Waals surface area contributed by atoms with Gasteiger partial charge in [0.15, 0.2) is 0 Å². The molecule has 0 aliphatic carbocycles. The molecule has 3 rings (SSSR count). The fourth-order valence-corrected chi connectivity index (χ4v) is 2.93. The van der Waals surface area contributed by atoms with Crippen LogP contribution >= 0.6 is 0 Å². The van der Waals surface area contributed by atoms with Crippen LogP contribution in [-0.2, 0) is 0 Å². The standard InChI is InChI=1S/C17H17FO2/c1-10-4-3-5-11(2)17(10)16-9-14(19)13-7-6-12(18)8-15(13)20-16/h3-8,14,16,19H,9H2,1-2H3/t14-,16?/m0/s1. The predicted octanol–water partition coefficient (Wildman–Crippen LogP) is 4.00. The van der Waals surface area contributed by atoms with Crippen LogP contribution in [0.2, 0.25) is 0 Å². The van der Waals surface area contributed by atoms with Gasteiger partial charge < -0.3 is 9.84 Å². The normalized spacial score (nSPS) is 21.2. The third kappa shape index (κ3) is 2.18. The lowest BCUT2D eigenvalue weighted by atomic mass is 9.90. The second kappa shape index (κ2) is 4.91. The second-order valence-electron chi connectivity index (χ2n) is 5.35. The Balaban J connectivity index is 2.03. The average Bonchev–Trinajstić information content (AvgIpc) is 2.38. The smallest absolute Gasteiger partial charge is 0.128 e. The fourth-order valence-electron chi connectivity index (χ4n) is 2.93. The number of halogens is 1. The van der Waals surface area contributed by atoms with Crippen LogP contribution in [0.4, 0.5) is 4.39 Å². The molecule has 1 heterocycles. The molecule has 0 saturated heterocycles. The fraction of sp³-hybridized carbons (Fsp3) is 0.294. The zero-order valence-corrected chi connectivity index (χ0v) is 11.6. The maximum Gasteiger partial charge on any atom is 0.128 e. The first kappa shape index (κ1) is 13.1. The van der Waals surface area contributed by atoms with Crippen LogP contribution in [0, 0.1) is 19.7 Å². The number of aliphatic hydroxyl groups excluding tert-OH is 1. The Morgan fingerprint density at radius 3 is 2.55 bits per heavy atom. The number of aliphatic hydroxyl groups is 1. The molecule has 0 radical (unpaired) electrons. The van der Waals surface area contributed by atoms with Gasteiger partial charge in [0.05, 0.1) is 6.10 Å². The summed E-state index contributed by atoms with van der Waals surface area (Å²) in [5.74, 6) is 0.0921. The van der Waals surface area contributed by atoms with Crippen molar-refractivity contribution >= 4 is 0 Å².